The summed E-state index contributed by atoms with van der Waals surface area (Å²) in [6.07, 6.45) is 1.17. The molecule has 0 saturated heterocycles. The van der Waals surface area contributed by atoms with Crippen LogP contribution < -0.4 is 5.73 Å². The number of rotatable bonds is 3. The van der Waals surface area contributed by atoms with Crippen LogP contribution >= 0.6 is 11.6 Å². The van der Waals surface area contributed by atoms with Gasteiger partial charge in [-0.25, -0.2) is 4.79 Å². The van der Waals surface area contributed by atoms with Crippen molar-refractivity contribution in [1.82, 2.24) is 0 Å². The second kappa shape index (κ2) is 5.26. The van der Waals surface area contributed by atoms with E-state index in [9.17, 15) is 4.79 Å². The van der Waals surface area contributed by atoms with E-state index in [2.05, 4.69) is 4.74 Å². The fraction of sp³-hybridized carbons (Fsp3) is 0.500. The third-order valence-electron chi connectivity index (χ3n) is 0.756. The summed E-state index contributed by atoms with van der Waals surface area (Å²) < 4.78 is 4.56. The van der Waals surface area contributed by atoms with Gasteiger partial charge in [0.1, 0.15) is 0 Å². The normalized spacial score (nSPS) is 11.3. The number of carbonyl (C=O) groups excluding carboxylic acids is 1. The molecule has 0 aromatic heterocycles. The summed E-state index contributed by atoms with van der Waals surface area (Å²) in [6, 6.07) is 0. The fourth-order valence-electron chi connectivity index (χ4n) is 0.371. The monoisotopic (exact) mass is 163 g/mol. The van der Waals surface area contributed by atoms with Gasteiger partial charge >= 0.3 is 5.97 Å². The van der Waals surface area contributed by atoms with Gasteiger partial charge < -0.3 is 10.5 Å². The highest BCUT2D eigenvalue weighted by atomic mass is 35.5. The quantitative estimate of drug-likeness (QED) is 0.491. The topological polar surface area (TPSA) is 52.3 Å². The molecule has 3 nitrogen and oxygen atoms in total. The van der Waals surface area contributed by atoms with Crippen LogP contribution in [0.1, 0.15) is 6.92 Å². The van der Waals surface area contributed by atoms with E-state index in [1.165, 1.54) is 6.08 Å². The molecule has 0 unspecified atom stereocenters. The lowest BCUT2D eigenvalue weighted by atomic mass is 10.5. The van der Waals surface area contributed by atoms with Crippen LogP contribution in [0.3, 0.4) is 0 Å². The van der Waals surface area contributed by atoms with Gasteiger partial charge in [0.15, 0.2) is 0 Å². The lowest BCUT2D eigenvalue weighted by Crippen LogP contribution is -2.04. The molecular formula is C6H10ClNO2. The van der Waals surface area contributed by atoms with Gasteiger partial charge in [0.2, 0.25) is 0 Å². The Labute approximate surface area is 64.8 Å². The molecule has 0 aliphatic carbocycles. The smallest absolute Gasteiger partial charge is 0.331 e. The number of hydrogen-bond donors (Lipinski definition) is 1. The fourth-order valence-corrected chi connectivity index (χ4v) is 0.460. The van der Waals surface area contributed by atoms with Crippen LogP contribution in [0.15, 0.2) is 11.1 Å². The third-order valence-corrected chi connectivity index (χ3v) is 1.02. The standard InChI is InChI=1S/C6H10ClNO2/c1-2-10-6(9)3-5(7)4-8/h3H,2,4,8H2,1H3/b5-3-. The second-order valence-electron chi connectivity index (χ2n) is 1.55. The van der Waals surface area contributed by atoms with Crippen molar-refractivity contribution in [2.24, 2.45) is 5.73 Å². The van der Waals surface area contributed by atoms with Crippen LogP contribution in [-0.2, 0) is 9.53 Å². The summed E-state index contributed by atoms with van der Waals surface area (Å²) in [4.78, 5) is 10.6. The Balaban J connectivity index is 3.75. The molecule has 58 valence electrons. The van der Waals surface area contributed by atoms with Crippen LogP contribution in [0.4, 0.5) is 0 Å². The van der Waals surface area contributed by atoms with Gasteiger partial charge in [-0.2, -0.15) is 0 Å². The van der Waals surface area contributed by atoms with Crippen molar-refractivity contribution >= 4 is 17.6 Å². The molecule has 0 aliphatic heterocycles. The molecule has 0 aliphatic rings. The summed E-state index contributed by atoms with van der Waals surface area (Å²) in [6.45, 7) is 2.24. The predicted octanol–water partition coefficient (Wildman–Crippen LogP) is 0.631. The molecule has 0 bridgehead atoms. The zero-order valence-electron chi connectivity index (χ0n) is 5.76. The van der Waals surface area contributed by atoms with Gasteiger partial charge in [0.25, 0.3) is 0 Å². The summed E-state index contributed by atoms with van der Waals surface area (Å²) in [5.74, 6) is -0.446. The number of halogens is 1. The maximum absolute atomic E-state index is 10.6. The lowest BCUT2D eigenvalue weighted by Gasteiger charge is -1.95. The summed E-state index contributed by atoms with van der Waals surface area (Å²) >= 11 is 5.43. The number of esters is 1. The van der Waals surface area contributed by atoms with Gasteiger partial charge in [-0.05, 0) is 6.92 Å². The van der Waals surface area contributed by atoms with Crippen LogP contribution in [0.25, 0.3) is 0 Å². The molecule has 0 aromatic rings. The van der Waals surface area contributed by atoms with Crippen molar-refractivity contribution in [1.29, 1.82) is 0 Å². The highest BCUT2D eigenvalue weighted by molar-refractivity contribution is 6.31. The first kappa shape index (κ1) is 9.46. The first-order valence-electron chi connectivity index (χ1n) is 2.93. The van der Waals surface area contributed by atoms with Crippen LogP contribution in [0.5, 0.6) is 0 Å². The van der Waals surface area contributed by atoms with Gasteiger partial charge in [0, 0.05) is 17.7 Å². The van der Waals surface area contributed by atoms with Crippen molar-refractivity contribution < 1.29 is 9.53 Å². The van der Waals surface area contributed by atoms with Crippen LogP contribution in [0.2, 0.25) is 0 Å². The van der Waals surface area contributed by atoms with Crippen molar-refractivity contribution in [3.63, 3.8) is 0 Å². The van der Waals surface area contributed by atoms with Crippen molar-refractivity contribution in [3.8, 4) is 0 Å². The molecule has 4 heteroatoms. The van der Waals surface area contributed by atoms with E-state index in [4.69, 9.17) is 17.3 Å². The number of carbonyl (C=O) groups is 1. The van der Waals surface area contributed by atoms with E-state index in [0.29, 0.717) is 11.6 Å². The maximum atomic E-state index is 10.6. The lowest BCUT2D eigenvalue weighted by molar-refractivity contribution is -0.137. The SMILES string of the molecule is CCOC(=O)/C=C(\Cl)CN. The Morgan fingerprint density at radius 2 is 2.40 bits per heavy atom. The van der Waals surface area contributed by atoms with Crippen LogP contribution in [-0.4, -0.2) is 19.1 Å². The Bertz CT molecular complexity index is 145. The molecule has 0 saturated carbocycles. The number of nitrogens with two attached hydrogens (primary N) is 1. The van der Waals surface area contributed by atoms with Crippen LogP contribution in [0, 0.1) is 0 Å². The first-order valence-corrected chi connectivity index (χ1v) is 3.31. The Morgan fingerprint density at radius 3 is 2.80 bits per heavy atom. The van der Waals surface area contributed by atoms with E-state index in [-0.39, 0.29) is 6.54 Å². The number of ether oxygens (including phenoxy) is 1. The Morgan fingerprint density at radius 1 is 1.80 bits per heavy atom. The largest absolute Gasteiger partial charge is 0.463 e. The summed E-state index contributed by atoms with van der Waals surface area (Å²) in [5, 5.41) is 0.304. The average molecular weight is 164 g/mol. The van der Waals surface area contributed by atoms with E-state index >= 15 is 0 Å². The van der Waals surface area contributed by atoms with E-state index < -0.39 is 5.97 Å². The molecule has 0 fully saturated rings. The molecule has 0 heterocycles. The minimum Gasteiger partial charge on any atom is -0.463 e. The zero-order valence-corrected chi connectivity index (χ0v) is 6.52. The highest BCUT2D eigenvalue weighted by Crippen LogP contribution is 1.97. The maximum Gasteiger partial charge on any atom is 0.331 e. The van der Waals surface area contributed by atoms with Crippen molar-refractivity contribution in [2.45, 2.75) is 6.92 Å². The molecule has 2 N–H and O–H groups in total. The molecule has 0 atom stereocenters. The summed E-state index contributed by atoms with van der Waals surface area (Å²) in [5.41, 5.74) is 5.11. The molecular weight excluding hydrogens is 154 g/mol. The number of hydrogen-bond acceptors (Lipinski definition) is 3. The van der Waals surface area contributed by atoms with Gasteiger partial charge in [-0.3, -0.25) is 0 Å². The Hall–Kier alpha value is -0.540. The van der Waals surface area contributed by atoms with Gasteiger partial charge in [-0.1, -0.05) is 11.6 Å². The van der Waals surface area contributed by atoms with E-state index in [1.54, 1.807) is 6.92 Å². The van der Waals surface area contributed by atoms with Gasteiger partial charge in [0.05, 0.1) is 6.61 Å². The van der Waals surface area contributed by atoms with E-state index in [0.717, 1.165) is 0 Å². The molecule has 10 heavy (non-hydrogen) atoms. The second-order valence-corrected chi connectivity index (χ2v) is 2.03. The van der Waals surface area contributed by atoms with Gasteiger partial charge in [-0.15, -0.1) is 0 Å². The molecule has 0 amide bonds. The minimum absolute atomic E-state index is 0.167. The minimum atomic E-state index is -0.446. The average Bonchev–Trinajstić information content (AvgIpc) is 1.88. The first-order chi connectivity index (χ1) is 4.70. The highest BCUT2D eigenvalue weighted by Gasteiger charge is 1.96. The molecule has 0 rings (SSSR count). The molecule has 0 radical (unpaired) electrons. The zero-order chi connectivity index (χ0) is 7.98. The Kier molecular flexibility index (Phi) is 4.98. The predicted molar refractivity (Wildman–Crippen MR) is 39.6 cm³/mol. The molecule has 0 aromatic carbocycles. The summed E-state index contributed by atoms with van der Waals surface area (Å²) in [7, 11) is 0. The van der Waals surface area contributed by atoms with Crippen molar-refractivity contribution in [2.75, 3.05) is 13.2 Å². The van der Waals surface area contributed by atoms with E-state index in [1.807, 2.05) is 0 Å². The van der Waals surface area contributed by atoms with Crippen molar-refractivity contribution in [3.05, 3.63) is 11.1 Å². The molecule has 0 spiro atoms. The third kappa shape index (κ3) is 4.35.